The minimum Gasteiger partial charge on any atom is -0.126 e. The number of benzene rings is 5. The molecule has 0 spiro atoms. The van der Waals surface area contributed by atoms with E-state index in [4.69, 9.17) is 0 Å². The summed E-state index contributed by atoms with van der Waals surface area (Å²) in [5, 5.41) is 8.08. The van der Waals surface area contributed by atoms with Gasteiger partial charge in [0.15, 0.2) is 0 Å². The van der Waals surface area contributed by atoms with Gasteiger partial charge in [0.2, 0.25) is 0 Å². The molecule has 1 heteroatoms. The van der Waals surface area contributed by atoms with Crippen molar-refractivity contribution in [2.75, 3.05) is 0 Å². The van der Waals surface area contributed by atoms with Crippen LogP contribution >= 0.6 is 0 Å². The normalized spacial score (nSPS) is 10.5. The molecule has 0 bridgehead atoms. The van der Waals surface area contributed by atoms with E-state index in [2.05, 4.69) is 159 Å². The molecule has 0 fully saturated rings. The quantitative estimate of drug-likeness (QED) is 0.188. The van der Waals surface area contributed by atoms with Gasteiger partial charge in [-0.1, -0.05) is 42.0 Å². The molecule has 0 saturated carbocycles. The van der Waals surface area contributed by atoms with Crippen LogP contribution in [0.15, 0.2) is 152 Å². The molecule has 0 atom stereocenters. The van der Waals surface area contributed by atoms with Gasteiger partial charge in [0.25, 0.3) is 0 Å². The van der Waals surface area contributed by atoms with E-state index < -0.39 is 0 Å². The fourth-order valence-corrected chi connectivity index (χ4v) is 5.35. The largest absolute Gasteiger partial charge is 0.126 e. The average molecular weight is 552 g/mol. The second-order valence-electron chi connectivity index (χ2n) is 9.08. The molecule has 7 aromatic carbocycles. The predicted molar refractivity (Wildman–Crippen MR) is 157 cm³/mol. The van der Waals surface area contributed by atoms with Gasteiger partial charge in [0.1, 0.15) is 0 Å². The van der Waals surface area contributed by atoms with E-state index >= 15 is 0 Å². The van der Waals surface area contributed by atoms with Crippen LogP contribution < -0.4 is 0 Å². The van der Waals surface area contributed by atoms with Crippen molar-refractivity contribution >= 4 is 35.5 Å². The Balaban J connectivity index is 0.000000115. The molecule has 0 saturated heterocycles. The maximum Gasteiger partial charge on any atom is -0.0771 e. The van der Waals surface area contributed by atoms with Crippen LogP contribution in [0, 0.1) is 6.92 Å². The van der Waals surface area contributed by atoms with Crippen LogP contribution in [-0.2, 0) is 24.2 Å². The Bertz CT molecular complexity index is 1640. The Morgan fingerprint density at radius 2 is 1.05 bits per heavy atom. The summed E-state index contributed by atoms with van der Waals surface area (Å²) in [6.45, 7) is 2.12. The van der Waals surface area contributed by atoms with E-state index in [-0.39, 0.29) is 0 Å². The van der Waals surface area contributed by atoms with Gasteiger partial charge in [-0.05, 0) is 6.92 Å². The van der Waals surface area contributed by atoms with E-state index in [9.17, 15) is 0 Å². The van der Waals surface area contributed by atoms with Gasteiger partial charge in [-0.25, -0.2) is 0 Å². The summed E-state index contributed by atoms with van der Waals surface area (Å²) in [6, 6.07) is 53.2. The second kappa shape index (κ2) is 12.0. The summed E-state index contributed by atoms with van der Waals surface area (Å²) < 4.78 is 1.42. The zero-order valence-corrected chi connectivity index (χ0v) is 23.4. The molecule has 7 aromatic rings. The van der Waals surface area contributed by atoms with Crippen molar-refractivity contribution < 1.29 is 24.2 Å². The SMILES string of the molecule is Cc1ccc2[cH-]ccc2c1.[Zr+2]=[C](c1ccccc1)c1ccccc1.c1ccc2c(c1)[cH-]c1ccccc12. The number of rotatable bonds is 2. The number of aryl methyl sites for hydroxylation is 1. The zero-order valence-electron chi connectivity index (χ0n) is 20.9. The van der Waals surface area contributed by atoms with Crippen molar-refractivity contribution in [3.05, 3.63) is 168 Å². The summed E-state index contributed by atoms with van der Waals surface area (Å²) in [5.74, 6) is 0. The van der Waals surface area contributed by atoms with Crippen molar-refractivity contribution in [2.24, 2.45) is 0 Å². The molecule has 0 N–H and O–H groups in total. The molecular formula is C36H28Zr. The Hall–Kier alpha value is -3.67. The van der Waals surface area contributed by atoms with Gasteiger partial charge in [0, 0.05) is 0 Å². The first kappa shape index (κ1) is 25.0. The molecule has 0 aromatic heterocycles. The molecule has 0 unspecified atom stereocenters. The second-order valence-corrected chi connectivity index (χ2v) is 10.3. The van der Waals surface area contributed by atoms with E-state index in [1.54, 1.807) is 0 Å². The number of fused-ring (bicyclic) bond motifs is 4. The standard InChI is InChI=1S/C13H9.C13H10.C10H9.Zr/c1-3-7-12-10(5-1)9-11-6-2-4-8-13(11)12;1-3-7-12(8-4-1)11-13-9-5-2-6-10-13;1-8-5-6-9-3-2-4-10(9)7-8;/h1-9H;1-10H;2-7H,1H3;/q-1;;-1;+2. The third-order valence-electron chi connectivity index (χ3n) is 6.44. The van der Waals surface area contributed by atoms with Crippen LogP contribution in [0.2, 0.25) is 0 Å². The van der Waals surface area contributed by atoms with E-state index in [1.807, 2.05) is 0 Å². The Labute approximate surface area is 233 Å². The Morgan fingerprint density at radius 3 is 1.62 bits per heavy atom. The average Bonchev–Trinajstić information content (AvgIpc) is 3.58. The molecule has 0 heterocycles. The maximum atomic E-state index is 2.24. The molecule has 37 heavy (non-hydrogen) atoms. The van der Waals surface area contributed by atoms with Crippen molar-refractivity contribution in [2.45, 2.75) is 6.92 Å². The molecule has 0 aliphatic rings. The molecule has 0 radical (unpaired) electrons. The molecule has 0 amide bonds. The van der Waals surface area contributed by atoms with E-state index in [1.165, 1.54) is 76.4 Å². The van der Waals surface area contributed by atoms with Gasteiger partial charge in [-0.3, -0.25) is 0 Å². The fourth-order valence-electron chi connectivity index (χ4n) is 4.53. The van der Waals surface area contributed by atoms with Gasteiger partial charge in [-0.2, -0.15) is 17.5 Å². The first-order valence-electron chi connectivity index (χ1n) is 12.5. The number of hydrogen-bond acceptors (Lipinski definition) is 0. The van der Waals surface area contributed by atoms with Crippen LogP contribution in [0.4, 0.5) is 0 Å². The topological polar surface area (TPSA) is 0 Å². The van der Waals surface area contributed by atoms with Crippen molar-refractivity contribution in [3.63, 3.8) is 0 Å². The summed E-state index contributed by atoms with van der Waals surface area (Å²) in [4.78, 5) is 0. The fraction of sp³-hybridized carbons (Fsp3) is 0.0278. The third-order valence-corrected chi connectivity index (χ3v) is 7.86. The molecule has 176 valence electrons. The van der Waals surface area contributed by atoms with E-state index in [0.29, 0.717) is 0 Å². The van der Waals surface area contributed by atoms with Crippen LogP contribution in [0.1, 0.15) is 16.7 Å². The van der Waals surface area contributed by atoms with Gasteiger partial charge < -0.3 is 0 Å². The van der Waals surface area contributed by atoms with Crippen molar-refractivity contribution in [1.29, 1.82) is 0 Å². The third kappa shape index (κ3) is 6.19. The first-order valence-corrected chi connectivity index (χ1v) is 13.8. The van der Waals surface area contributed by atoms with Gasteiger partial charge in [0.05, 0.1) is 0 Å². The van der Waals surface area contributed by atoms with E-state index in [0.717, 1.165) is 0 Å². The minimum atomic E-state index is 1.33. The molecule has 0 aliphatic carbocycles. The smallest absolute Gasteiger partial charge is 0.0771 e. The van der Waals surface area contributed by atoms with Crippen LogP contribution in [0.25, 0.3) is 32.3 Å². The minimum absolute atomic E-state index is 1.33. The van der Waals surface area contributed by atoms with Gasteiger partial charge >= 0.3 is 99.2 Å². The Morgan fingerprint density at radius 1 is 0.541 bits per heavy atom. The molecule has 0 nitrogen and oxygen atoms in total. The first-order chi connectivity index (χ1) is 18.2. The predicted octanol–water partition coefficient (Wildman–Crippen LogP) is 9.38. The van der Waals surface area contributed by atoms with Crippen LogP contribution in [0.3, 0.4) is 0 Å². The zero-order chi connectivity index (χ0) is 25.5. The molecule has 0 aliphatic heterocycles. The van der Waals surface area contributed by atoms with Crippen LogP contribution in [0.5, 0.6) is 0 Å². The number of hydrogen-bond donors (Lipinski definition) is 0. The Kier molecular flexibility index (Phi) is 8.14. The monoisotopic (exact) mass is 550 g/mol. The van der Waals surface area contributed by atoms with Gasteiger partial charge in [-0.15, -0.1) is 69.4 Å². The summed E-state index contributed by atoms with van der Waals surface area (Å²) >= 11 is 1.46. The summed E-state index contributed by atoms with van der Waals surface area (Å²) in [6.07, 6.45) is 0. The molecule has 7 rings (SSSR count). The summed E-state index contributed by atoms with van der Waals surface area (Å²) in [7, 11) is 0. The van der Waals surface area contributed by atoms with Crippen LogP contribution in [-0.4, -0.2) is 3.21 Å². The summed E-state index contributed by atoms with van der Waals surface area (Å²) in [5.41, 5.74) is 3.99. The maximum absolute atomic E-state index is 2.24. The van der Waals surface area contributed by atoms with Crippen molar-refractivity contribution in [3.8, 4) is 0 Å². The van der Waals surface area contributed by atoms with Crippen molar-refractivity contribution in [1.82, 2.24) is 0 Å². The molecular weight excluding hydrogens is 524 g/mol.